The monoisotopic (exact) mass is 400 g/mol. The molecule has 2 aromatic rings. The highest BCUT2D eigenvalue weighted by Crippen LogP contribution is 2.46. The van der Waals surface area contributed by atoms with Crippen LogP contribution in [0, 0.1) is 41.5 Å². The SMILES string of the molecule is Cc1cc(C)c(C(=O)P(CC(O)CO)C(=O)c2c(C)cc(C)cc2C)c(C)c1. The van der Waals surface area contributed by atoms with E-state index >= 15 is 0 Å². The maximum Gasteiger partial charge on any atom is 0.192 e. The highest BCUT2D eigenvalue weighted by atomic mass is 31.1. The first-order valence-electron chi connectivity index (χ1n) is 9.37. The molecule has 2 N–H and O–H groups in total. The summed E-state index contributed by atoms with van der Waals surface area (Å²) in [5.41, 5.74) is 6.08. The van der Waals surface area contributed by atoms with Gasteiger partial charge >= 0.3 is 0 Å². The lowest BCUT2D eigenvalue weighted by atomic mass is 10.0. The Labute approximate surface area is 168 Å². The van der Waals surface area contributed by atoms with Crippen molar-refractivity contribution in [2.75, 3.05) is 12.8 Å². The van der Waals surface area contributed by atoms with Crippen molar-refractivity contribution in [2.45, 2.75) is 47.6 Å². The molecule has 0 saturated heterocycles. The van der Waals surface area contributed by atoms with Crippen LogP contribution in [0.3, 0.4) is 0 Å². The Morgan fingerprint density at radius 1 is 0.786 bits per heavy atom. The molecule has 0 fully saturated rings. The van der Waals surface area contributed by atoms with Gasteiger partial charge in [-0.3, -0.25) is 9.59 Å². The van der Waals surface area contributed by atoms with E-state index in [9.17, 15) is 19.8 Å². The van der Waals surface area contributed by atoms with Gasteiger partial charge < -0.3 is 10.2 Å². The quantitative estimate of drug-likeness (QED) is 0.678. The van der Waals surface area contributed by atoms with Crippen molar-refractivity contribution in [2.24, 2.45) is 0 Å². The first kappa shape index (κ1) is 22.4. The first-order valence-corrected chi connectivity index (χ1v) is 10.9. The van der Waals surface area contributed by atoms with Gasteiger partial charge in [-0.15, -0.1) is 0 Å². The topological polar surface area (TPSA) is 74.6 Å². The number of rotatable bonds is 7. The van der Waals surface area contributed by atoms with E-state index in [1.54, 1.807) is 0 Å². The third-order valence-corrected chi connectivity index (χ3v) is 7.09. The number of aryl methyl sites for hydroxylation is 6. The summed E-state index contributed by atoms with van der Waals surface area (Å²) in [6.07, 6.45) is -1.14. The number of aliphatic hydroxyl groups is 2. The number of carbonyl (C=O) groups is 2. The Morgan fingerprint density at radius 3 is 1.39 bits per heavy atom. The van der Waals surface area contributed by atoms with Gasteiger partial charge in [0.1, 0.15) is 0 Å². The Bertz CT molecular complexity index is 801. The number of hydrogen-bond acceptors (Lipinski definition) is 4. The smallest absolute Gasteiger partial charge is 0.192 e. The van der Waals surface area contributed by atoms with E-state index in [0.29, 0.717) is 11.1 Å². The van der Waals surface area contributed by atoms with Crippen molar-refractivity contribution in [3.05, 3.63) is 68.8 Å². The van der Waals surface area contributed by atoms with Crippen LogP contribution in [0.25, 0.3) is 0 Å². The molecule has 0 amide bonds. The molecule has 0 radical (unpaired) electrons. The molecular formula is C23H29O4P. The molecule has 0 aliphatic heterocycles. The molecule has 0 spiro atoms. The first-order chi connectivity index (χ1) is 13.1. The standard InChI is InChI=1S/C23H29O4P/c1-13-7-15(3)20(16(4)8-13)22(26)28(12-19(25)11-24)23(27)21-17(5)9-14(2)10-18(21)6/h7-10,19,24-25H,11-12H2,1-6H3. The van der Waals surface area contributed by atoms with Crippen LogP contribution in [0.4, 0.5) is 0 Å². The molecule has 1 unspecified atom stereocenters. The lowest BCUT2D eigenvalue weighted by Crippen LogP contribution is -2.22. The second-order valence-electron chi connectivity index (χ2n) is 7.60. The molecule has 0 aliphatic carbocycles. The van der Waals surface area contributed by atoms with Gasteiger partial charge in [-0.1, -0.05) is 35.4 Å². The summed E-state index contributed by atoms with van der Waals surface area (Å²) >= 11 is 0. The van der Waals surface area contributed by atoms with E-state index in [1.807, 2.05) is 65.8 Å². The van der Waals surface area contributed by atoms with Gasteiger partial charge in [0.25, 0.3) is 0 Å². The highest BCUT2D eigenvalue weighted by molar-refractivity contribution is 7.90. The van der Waals surface area contributed by atoms with Crippen LogP contribution >= 0.6 is 7.92 Å². The van der Waals surface area contributed by atoms with Crippen molar-refractivity contribution in [3.8, 4) is 0 Å². The zero-order chi connectivity index (χ0) is 21.2. The minimum absolute atomic E-state index is 0.0387. The van der Waals surface area contributed by atoms with Crippen LogP contribution in [0.1, 0.15) is 54.1 Å². The number of hydrogen-bond donors (Lipinski definition) is 2. The summed E-state index contributed by atoms with van der Waals surface area (Å²) in [5, 5.41) is 19.4. The van der Waals surface area contributed by atoms with Crippen molar-refractivity contribution in [3.63, 3.8) is 0 Å². The molecule has 0 heterocycles. The summed E-state index contributed by atoms with van der Waals surface area (Å²) in [6, 6.07) is 7.73. The van der Waals surface area contributed by atoms with Crippen LogP contribution < -0.4 is 0 Å². The van der Waals surface area contributed by atoms with E-state index in [0.717, 1.165) is 33.4 Å². The largest absolute Gasteiger partial charge is 0.394 e. The summed E-state index contributed by atoms with van der Waals surface area (Å²) < 4.78 is 0. The van der Waals surface area contributed by atoms with Crippen LogP contribution in [-0.2, 0) is 0 Å². The van der Waals surface area contributed by atoms with Gasteiger partial charge in [0.2, 0.25) is 0 Å². The second-order valence-corrected chi connectivity index (χ2v) is 9.64. The molecule has 28 heavy (non-hydrogen) atoms. The Hall–Kier alpha value is -1.87. The molecule has 0 saturated carbocycles. The average molecular weight is 400 g/mol. The van der Waals surface area contributed by atoms with Crippen LogP contribution in [0.15, 0.2) is 24.3 Å². The maximum atomic E-state index is 13.5. The van der Waals surface area contributed by atoms with Gasteiger partial charge in [-0.25, -0.2) is 0 Å². The zero-order valence-corrected chi connectivity index (χ0v) is 18.4. The molecular weight excluding hydrogens is 371 g/mol. The van der Waals surface area contributed by atoms with Crippen molar-refractivity contribution in [1.29, 1.82) is 0 Å². The fourth-order valence-corrected chi connectivity index (χ4v) is 6.13. The minimum Gasteiger partial charge on any atom is -0.394 e. The third kappa shape index (κ3) is 4.75. The Morgan fingerprint density at radius 2 is 1.11 bits per heavy atom. The molecule has 2 aromatic carbocycles. The normalized spacial score (nSPS) is 12.3. The number of carbonyl (C=O) groups excluding carboxylic acids is 2. The van der Waals surface area contributed by atoms with Crippen molar-refractivity contribution in [1.82, 2.24) is 0 Å². The summed E-state index contributed by atoms with van der Waals surface area (Å²) in [7, 11) is -1.85. The van der Waals surface area contributed by atoms with E-state index in [4.69, 9.17) is 0 Å². The van der Waals surface area contributed by atoms with Crippen LogP contribution in [0.2, 0.25) is 0 Å². The summed E-state index contributed by atoms with van der Waals surface area (Å²) in [6.45, 7) is 10.9. The molecule has 0 bridgehead atoms. The van der Waals surface area contributed by atoms with E-state index in [1.165, 1.54) is 0 Å². The van der Waals surface area contributed by atoms with Gasteiger partial charge in [0.05, 0.1) is 12.7 Å². The zero-order valence-electron chi connectivity index (χ0n) is 17.5. The molecule has 4 nitrogen and oxygen atoms in total. The Balaban J connectivity index is 2.57. The van der Waals surface area contributed by atoms with Crippen LogP contribution in [-0.4, -0.2) is 40.1 Å². The maximum absolute atomic E-state index is 13.5. The second kappa shape index (κ2) is 9.09. The van der Waals surface area contributed by atoms with Gasteiger partial charge in [0, 0.05) is 25.2 Å². The average Bonchev–Trinajstić information content (AvgIpc) is 2.57. The predicted octanol–water partition coefficient (Wildman–Crippen LogP) is 4.35. The molecule has 1 atom stereocenters. The van der Waals surface area contributed by atoms with E-state index in [2.05, 4.69) is 0 Å². The number of benzene rings is 2. The van der Waals surface area contributed by atoms with Gasteiger partial charge in [-0.2, -0.15) is 0 Å². The molecule has 150 valence electrons. The highest BCUT2D eigenvalue weighted by Gasteiger charge is 2.33. The molecule has 0 aromatic heterocycles. The van der Waals surface area contributed by atoms with E-state index in [-0.39, 0.29) is 17.2 Å². The van der Waals surface area contributed by atoms with E-state index < -0.39 is 20.6 Å². The fraction of sp³-hybridized carbons (Fsp3) is 0.391. The lowest BCUT2D eigenvalue weighted by molar-refractivity contribution is 0.101. The third-order valence-electron chi connectivity index (χ3n) is 4.88. The minimum atomic E-state index is -1.85. The summed E-state index contributed by atoms with van der Waals surface area (Å²) in [5.74, 6) is 0. The summed E-state index contributed by atoms with van der Waals surface area (Å²) in [4.78, 5) is 26.9. The Kier molecular flexibility index (Phi) is 7.28. The molecule has 5 heteroatoms. The van der Waals surface area contributed by atoms with Crippen molar-refractivity contribution < 1.29 is 19.8 Å². The molecule has 2 rings (SSSR count). The number of aliphatic hydroxyl groups excluding tert-OH is 2. The van der Waals surface area contributed by atoms with Gasteiger partial charge in [0.15, 0.2) is 11.0 Å². The van der Waals surface area contributed by atoms with Gasteiger partial charge in [-0.05, 0) is 63.8 Å². The fourth-order valence-electron chi connectivity index (χ4n) is 3.83. The van der Waals surface area contributed by atoms with Crippen LogP contribution in [0.5, 0.6) is 0 Å². The lowest BCUT2D eigenvalue weighted by Gasteiger charge is -2.22. The van der Waals surface area contributed by atoms with Crippen molar-refractivity contribution >= 4 is 19.0 Å². The predicted molar refractivity (Wildman–Crippen MR) is 115 cm³/mol. The molecule has 0 aliphatic rings.